The number of hydrogen-bond acceptors (Lipinski definition) is 7. The van der Waals surface area contributed by atoms with Crippen LogP contribution in [0.3, 0.4) is 0 Å². The Labute approximate surface area is 179 Å². The lowest BCUT2D eigenvalue weighted by atomic mass is 10.2. The van der Waals surface area contributed by atoms with Gasteiger partial charge in [0.2, 0.25) is 5.91 Å². The van der Waals surface area contributed by atoms with Crippen LogP contribution in [0.2, 0.25) is 0 Å². The standard InChI is InChI=1S/C18H14BrN3O5S2/c1-10(23)21-12-3-5-13(6-4-12)29(25,26)27-15-7-2-11(8-14(15)19)9-16-17(24)22-18(20)28-16/h2-9H,1H3,(H,21,23)(H2,20,22,24)/b16-9-. The van der Waals surface area contributed by atoms with Crippen molar-refractivity contribution < 1.29 is 22.2 Å². The van der Waals surface area contributed by atoms with Crippen LogP contribution in [0.25, 0.3) is 6.08 Å². The van der Waals surface area contributed by atoms with E-state index < -0.39 is 16.0 Å². The summed E-state index contributed by atoms with van der Waals surface area (Å²) in [5.74, 6) is -0.601. The van der Waals surface area contributed by atoms with Crippen molar-refractivity contribution in [1.82, 2.24) is 0 Å². The van der Waals surface area contributed by atoms with Crippen molar-refractivity contribution in [3.63, 3.8) is 0 Å². The van der Waals surface area contributed by atoms with Crippen LogP contribution in [0.15, 0.2) is 61.7 Å². The number of thioether (sulfide) groups is 1. The molecule has 0 atom stereocenters. The topological polar surface area (TPSA) is 128 Å². The second-order valence-corrected chi connectivity index (χ2v) is 9.26. The molecule has 0 saturated carbocycles. The predicted molar refractivity (Wildman–Crippen MR) is 115 cm³/mol. The maximum atomic E-state index is 12.5. The number of anilines is 1. The fourth-order valence-electron chi connectivity index (χ4n) is 2.33. The number of rotatable bonds is 5. The summed E-state index contributed by atoms with van der Waals surface area (Å²) in [7, 11) is -4.08. The minimum absolute atomic E-state index is 0.0646. The number of aliphatic imine (C=N–C) groups is 1. The summed E-state index contributed by atoms with van der Waals surface area (Å²) in [4.78, 5) is 26.6. The Balaban J connectivity index is 1.78. The van der Waals surface area contributed by atoms with Gasteiger partial charge in [0.05, 0.1) is 9.38 Å². The van der Waals surface area contributed by atoms with Gasteiger partial charge < -0.3 is 15.2 Å². The van der Waals surface area contributed by atoms with E-state index in [1.54, 1.807) is 18.2 Å². The van der Waals surface area contributed by atoms with Crippen molar-refractivity contribution in [3.05, 3.63) is 57.4 Å². The number of benzene rings is 2. The number of nitrogens with two attached hydrogens (primary N) is 1. The van der Waals surface area contributed by atoms with E-state index >= 15 is 0 Å². The number of carbonyl (C=O) groups excluding carboxylic acids is 2. The van der Waals surface area contributed by atoms with Crippen LogP contribution in [0, 0.1) is 0 Å². The molecule has 0 aromatic heterocycles. The molecule has 2 aromatic rings. The van der Waals surface area contributed by atoms with Gasteiger partial charge in [0, 0.05) is 12.6 Å². The van der Waals surface area contributed by atoms with Crippen molar-refractivity contribution in [2.24, 2.45) is 10.7 Å². The number of carbonyl (C=O) groups is 2. The van der Waals surface area contributed by atoms with E-state index in [0.29, 0.717) is 20.6 Å². The molecule has 0 saturated heterocycles. The lowest BCUT2D eigenvalue weighted by molar-refractivity contribution is -0.114. The number of amides is 2. The van der Waals surface area contributed by atoms with Crippen LogP contribution in [-0.4, -0.2) is 25.4 Å². The minimum atomic E-state index is -4.08. The smallest absolute Gasteiger partial charge is 0.339 e. The number of nitrogens with one attached hydrogen (secondary N) is 1. The van der Waals surface area contributed by atoms with Gasteiger partial charge in [-0.25, -0.2) is 0 Å². The quantitative estimate of drug-likeness (QED) is 0.481. The zero-order valence-electron chi connectivity index (χ0n) is 14.9. The Kier molecular flexibility index (Phi) is 6.10. The summed E-state index contributed by atoms with van der Waals surface area (Å²) in [5.41, 5.74) is 6.63. The monoisotopic (exact) mass is 495 g/mol. The van der Waals surface area contributed by atoms with Crippen molar-refractivity contribution in [2.75, 3.05) is 5.32 Å². The average molecular weight is 496 g/mol. The van der Waals surface area contributed by atoms with Crippen molar-refractivity contribution in [3.8, 4) is 5.75 Å². The fraction of sp³-hybridized carbons (Fsp3) is 0.0556. The van der Waals surface area contributed by atoms with E-state index in [-0.39, 0.29) is 21.7 Å². The van der Waals surface area contributed by atoms with Crippen molar-refractivity contribution >= 4 is 66.6 Å². The summed E-state index contributed by atoms with van der Waals surface area (Å²) in [6.45, 7) is 1.36. The number of halogens is 1. The van der Waals surface area contributed by atoms with Gasteiger partial charge in [-0.3, -0.25) is 9.59 Å². The molecule has 3 rings (SSSR count). The lowest BCUT2D eigenvalue weighted by Gasteiger charge is -2.10. The molecule has 0 radical (unpaired) electrons. The molecule has 0 spiro atoms. The first-order chi connectivity index (χ1) is 13.6. The first-order valence-corrected chi connectivity index (χ1v) is 11.1. The third-order valence-electron chi connectivity index (χ3n) is 3.55. The molecule has 0 bridgehead atoms. The van der Waals surface area contributed by atoms with Gasteiger partial charge in [-0.2, -0.15) is 13.4 Å². The average Bonchev–Trinajstić information content (AvgIpc) is 2.94. The van der Waals surface area contributed by atoms with Crippen LogP contribution >= 0.6 is 27.7 Å². The van der Waals surface area contributed by atoms with Gasteiger partial charge in [-0.1, -0.05) is 6.07 Å². The molecule has 0 aliphatic carbocycles. The zero-order chi connectivity index (χ0) is 21.2. The van der Waals surface area contributed by atoms with E-state index in [4.69, 9.17) is 9.92 Å². The van der Waals surface area contributed by atoms with Crippen LogP contribution in [0.4, 0.5) is 5.69 Å². The molecular formula is C18H14BrN3O5S2. The molecule has 0 unspecified atom stereocenters. The molecule has 1 aliphatic rings. The maximum Gasteiger partial charge on any atom is 0.339 e. The van der Waals surface area contributed by atoms with Crippen LogP contribution in [-0.2, 0) is 19.7 Å². The normalized spacial score (nSPS) is 15.3. The first-order valence-electron chi connectivity index (χ1n) is 8.04. The lowest BCUT2D eigenvalue weighted by Crippen LogP contribution is -2.11. The van der Waals surface area contributed by atoms with Crippen LogP contribution in [0.1, 0.15) is 12.5 Å². The van der Waals surface area contributed by atoms with E-state index in [9.17, 15) is 18.0 Å². The SMILES string of the molecule is CC(=O)Nc1ccc(S(=O)(=O)Oc2ccc(/C=C3\SC(N)=NC3=O)cc2Br)cc1. The van der Waals surface area contributed by atoms with E-state index in [2.05, 4.69) is 26.2 Å². The second kappa shape index (κ2) is 8.39. The van der Waals surface area contributed by atoms with Gasteiger partial charge >= 0.3 is 10.1 Å². The van der Waals surface area contributed by atoms with Crippen molar-refractivity contribution in [1.29, 1.82) is 0 Å². The Morgan fingerprint density at radius 1 is 1.24 bits per heavy atom. The van der Waals surface area contributed by atoms with Gasteiger partial charge in [0.1, 0.15) is 4.90 Å². The Hall–Kier alpha value is -2.63. The highest BCUT2D eigenvalue weighted by Crippen LogP contribution is 2.32. The molecule has 1 heterocycles. The Morgan fingerprint density at radius 3 is 2.48 bits per heavy atom. The number of nitrogens with zero attached hydrogens (tertiary/aromatic N) is 1. The number of hydrogen-bond donors (Lipinski definition) is 2. The number of amidine groups is 1. The third-order valence-corrected chi connectivity index (χ3v) is 6.23. The first kappa shape index (κ1) is 21.1. The largest absolute Gasteiger partial charge is 0.378 e. The molecule has 8 nitrogen and oxygen atoms in total. The van der Waals surface area contributed by atoms with Crippen LogP contribution in [0.5, 0.6) is 5.75 Å². The van der Waals surface area contributed by atoms with Gasteiger partial charge in [0.15, 0.2) is 10.9 Å². The molecule has 11 heteroatoms. The van der Waals surface area contributed by atoms with Gasteiger partial charge in [-0.05, 0) is 75.7 Å². The molecule has 2 amide bonds. The molecule has 3 N–H and O–H groups in total. The van der Waals surface area contributed by atoms with Crippen molar-refractivity contribution in [2.45, 2.75) is 11.8 Å². The third kappa shape index (κ3) is 5.25. The fourth-order valence-corrected chi connectivity index (χ4v) is 4.54. The Morgan fingerprint density at radius 2 is 1.93 bits per heavy atom. The molecule has 1 aliphatic heterocycles. The maximum absolute atomic E-state index is 12.5. The summed E-state index contributed by atoms with van der Waals surface area (Å²) >= 11 is 4.34. The highest BCUT2D eigenvalue weighted by atomic mass is 79.9. The molecule has 150 valence electrons. The predicted octanol–water partition coefficient (Wildman–Crippen LogP) is 3.10. The minimum Gasteiger partial charge on any atom is -0.378 e. The highest BCUT2D eigenvalue weighted by Gasteiger charge is 2.21. The summed E-state index contributed by atoms with van der Waals surface area (Å²) in [6.07, 6.45) is 1.60. The summed E-state index contributed by atoms with van der Waals surface area (Å²) in [5, 5.41) is 2.73. The summed E-state index contributed by atoms with van der Waals surface area (Å²) in [6, 6.07) is 10.3. The van der Waals surface area contributed by atoms with Gasteiger partial charge in [0.25, 0.3) is 5.91 Å². The molecular weight excluding hydrogens is 482 g/mol. The zero-order valence-corrected chi connectivity index (χ0v) is 18.1. The summed E-state index contributed by atoms with van der Waals surface area (Å²) < 4.78 is 30.6. The molecule has 2 aromatic carbocycles. The molecule has 29 heavy (non-hydrogen) atoms. The van der Waals surface area contributed by atoms with E-state index in [1.165, 1.54) is 37.3 Å². The van der Waals surface area contributed by atoms with Gasteiger partial charge in [-0.15, -0.1) is 0 Å². The Bertz CT molecular complexity index is 1160. The second-order valence-electron chi connectivity index (χ2n) is 5.80. The van der Waals surface area contributed by atoms with E-state index in [0.717, 1.165) is 11.8 Å². The van der Waals surface area contributed by atoms with E-state index in [1.807, 2.05) is 0 Å². The van der Waals surface area contributed by atoms with Crippen LogP contribution < -0.4 is 15.2 Å². The molecule has 0 fully saturated rings. The highest BCUT2D eigenvalue weighted by molar-refractivity contribution is 9.10.